The minimum atomic E-state index is -0.924. The van der Waals surface area contributed by atoms with Gasteiger partial charge in [-0.25, -0.2) is 9.59 Å². The molecule has 1 aliphatic heterocycles. The van der Waals surface area contributed by atoms with Crippen LogP contribution in [0.15, 0.2) is 36.4 Å². The zero-order valence-electron chi connectivity index (χ0n) is 8.67. The van der Waals surface area contributed by atoms with Crippen LogP contribution in [0.5, 0.6) is 0 Å². The van der Waals surface area contributed by atoms with E-state index >= 15 is 0 Å². The predicted molar refractivity (Wildman–Crippen MR) is 55.5 cm³/mol. The Morgan fingerprint density at radius 1 is 1.44 bits per heavy atom. The highest BCUT2D eigenvalue weighted by atomic mass is 16.7. The average Bonchev–Trinajstić information content (AvgIpc) is 2.57. The maximum absolute atomic E-state index is 11.4. The van der Waals surface area contributed by atoms with Crippen LogP contribution in [0.3, 0.4) is 0 Å². The van der Waals surface area contributed by atoms with Crippen LogP contribution in [-0.2, 0) is 14.3 Å². The number of ether oxygens (including phenoxy) is 2. The average molecular weight is 218 g/mol. The van der Waals surface area contributed by atoms with Gasteiger partial charge in [0.25, 0.3) is 6.29 Å². The van der Waals surface area contributed by atoms with Crippen molar-refractivity contribution in [2.75, 3.05) is 0 Å². The van der Waals surface area contributed by atoms with Crippen molar-refractivity contribution in [1.82, 2.24) is 0 Å². The molecular formula is C12H10O4. The fourth-order valence-electron chi connectivity index (χ4n) is 1.48. The topological polar surface area (TPSA) is 52.6 Å². The molecule has 1 atom stereocenters. The van der Waals surface area contributed by atoms with Crippen molar-refractivity contribution in [3.05, 3.63) is 47.5 Å². The van der Waals surface area contributed by atoms with E-state index in [1.165, 1.54) is 6.08 Å². The maximum atomic E-state index is 11.4. The summed E-state index contributed by atoms with van der Waals surface area (Å²) in [6, 6.07) is 6.84. The number of esters is 2. The molecule has 82 valence electrons. The predicted octanol–water partition coefficient (Wildman–Crippen LogP) is 1.97. The fourth-order valence-corrected chi connectivity index (χ4v) is 1.48. The van der Waals surface area contributed by atoms with Gasteiger partial charge in [0.05, 0.1) is 5.56 Å². The molecule has 0 N–H and O–H groups in total. The molecule has 1 aliphatic rings. The molecule has 16 heavy (non-hydrogen) atoms. The normalized spacial score (nSPS) is 18.3. The molecule has 1 aromatic rings. The Kier molecular flexibility index (Phi) is 2.72. The van der Waals surface area contributed by atoms with Crippen LogP contribution in [0, 0.1) is 0 Å². The Hall–Kier alpha value is -2.10. The lowest BCUT2D eigenvalue weighted by atomic mass is 10.1. The molecule has 0 unspecified atom stereocenters. The lowest BCUT2D eigenvalue weighted by Gasteiger charge is -2.09. The first-order chi connectivity index (χ1) is 7.72. The lowest BCUT2D eigenvalue weighted by Crippen LogP contribution is -2.08. The third kappa shape index (κ3) is 1.82. The number of allylic oxidation sites excluding steroid dienone is 1. The third-order valence-electron chi connectivity index (χ3n) is 2.17. The maximum Gasteiger partial charge on any atom is 0.342 e. The first kappa shape index (κ1) is 10.4. The first-order valence-corrected chi connectivity index (χ1v) is 4.85. The van der Waals surface area contributed by atoms with Crippen LogP contribution < -0.4 is 0 Å². The van der Waals surface area contributed by atoms with Crippen LogP contribution in [-0.4, -0.2) is 11.9 Å². The number of hydrogen-bond acceptors (Lipinski definition) is 4. The van der Waals surface area contributed by atoms with Gasteiger partial charge < -0.3 is 9.47 Å². The Labute approximate surface area is 92.5 Å². The molecule has 0 bridgehead atoms. The zero-order valence-corrected chi connectivity index (χ0v) is 8.67. The minimum Gasteiger partial charge on any atom is -0.417 e. The van der Waals surface area contributed by atoms with Crippen LogP contribution in [0.1, 0.15) is 29.1 Å². The highest BCUT2D eigenvalue weighted by molar-refractivity contribution is 5.94. The van der Waals surface area contributed by atoms with Crippen molar-refractivity contribution in [1.29, 1.82) is 0 Å². The first-order valence-electron chi connectivity index (χ1n) is 4.85. The summed E-state index contributed by atoms with van der Waals surface area (Å²) in [4.78, 5) is 22.6. The molecule has 1 heterocycles. The molecule has 0 amide bonds. The van der Waals surface area contributed by atoms with E-state index in [1.807, 2.05) is 0 Å². The van der Waals surface area contributed by atoms with Gasteiger partial charge in [-0.1, -0.05) is 24.3 Å². The molecule has 0 saturated carbocycles. The summed E-state index contributed by atoms with van der Waals surface area (Å²) in [7, 11) is 0. The standard InChI is InChI=1S/C12H10O4/c1-2-5-10(13)15-12-9-7-4-3-6-8(9)11(14)16-12/h2-7,12H,1H3/b5-2+/t12-/m1/s1. The summed E-state index contributed by atoms with van der Waals surface area (Å²) in [5, 5.41) is 0. The van der Waals surface area contributed by atoms with Crippen LogP contribution in [0.25, 0.3) is 0 Å². The smallest absolute Gasteiger partial charge is 0.342 e. The number of cyclic esters (lactones) is 1. The molecule has 4 nitrogen and oxygen atoms in total. The van der Waals surface area contributed by atoms with E-state index in [0.717, 1.165) is 0 Å². The van der Waals surface area contributed by atoms with Gasteiger partial charge in [0.2, 0.25) is 0 Å². The van der Waals surface area contributed by atoms with Gasteiger partial charge in [-0.3, -0.25) is 0 Å². The Morgan fingerprint density at radius 3 is 2.94 bits per heavy atom. The number of hydrogen-bond donors (Lipinski definition) is 0. The van der Waals surface area contributed by atoms with E-state index in [2.05, 4.69) is 0 Å². The van der Waals surface area contributed by atoms with Gasteiger partial charge >= 0.3 is 11.9 Å². The van der Waals surface area contributed by atoms with Crippen molar-refractivity contribution in [2.24, 2.45) is 0 Å². The molecule has 0 radical (unpaired) electrons. The van der Waals surface area contributed by atoms with Crippen LogP contribution in [0.2, 0.25) is 0 Å². The summed E-state index contributed by atoms with van der Waals surface area (Å²) in [5.41, 5.74) is 1.03. The number of fused-ring (bicyclic) bond motifs is 1. The molecular weight excluding hydrogens is 208 g/mol. The number of carbonyl (C=O) groups excluding carboxylic acids is 2. The zero-order chi connectivity index (χ0) is 11.5. The molecule has 1 aromatic carbocycles. The molecule has 0 saturated heterocycles. The van der Waals surface area contributed by atoms with Crippen molar-refractivity contribution < 1.29 is 19.1 Å². The Bertz CT molecular complexity index is 462. The quantitative estimate of drug-likeness (QED) is 0.562. The van der Waals surface area contributed by atoms with E-state index in [4.69, 9.17) is 9.47 Å². The van der Waals surface area contributed by atoms with Crippen molar-refractivity contribution in [3.63, 3.8) is 0 Å². The van der Waals surface area contributed by atoms with Gasteiger partial charge in [0, 0.05) is 11.6 Å². The van der Waals surface area contributed by atoms with Gasteiger partial charge in [0.1, 0.15) is 0 Å². The number of carbonyl (C=O) groups is 2. The summed E-state index contributed by atoms with van der Waals surface area (Å²) < 4.78 is 9.91. The molecule has 0 spiro atoms. The lowest BCUT2D eigenvalue weighted by molar-refractivity contribution is -0.161. The van der Waals surface area contributed by atoms with Crippen molar-refractivity contribution in [3.8, 4) is 0 Å². The molecule has 2 rings (SSSR count). The van der Waals surface area contributed by atoms with Gasteiger partial charge in [0.15, 0.2) is 0 Å². The second-order valence-electron chi connectivity index (χ2n) is 3.26. The molecule has 0 fully saturated rings. The largest absolute Gasteiger partial charge is 0.417 e. The fraction of sp³-hybridized carbons (Fsp3) is 0.167. The van der Waals surface area contributed by atoms with Crippen LogP contribution in [0.4, 0.5) is 0 Å². The van der Waals surface area contributed by atoms with Crippen molar-refractivity contribution in [2.45, 2.75) is 13.2 Å². The highest BCUT2D eigenvalue weighted by Gasteiger charge is 2.32. The third-order valence-corrected chi connectivity index (χ3v) is 2.17. The number of rotatable bonds is 2. The monoisotopic (exact) mass is 218 g/mol. The summed E-state index contributed by atoms with van der Waals surface area (Å²) >= 11 is 0. The molecule has 0 aromatic heterocycles. The van der Waals surface area contributed by atoms with E-state index < -0.39 is 18.2 Å². The Morgan fingerprint density at radius 2 is 2.19 bits per heavy atom. The van der Waals surface area contributed by atoms with Gasteiger partial charge in [-0.2, -0.15) is 0 Å². The Balaban J connectivity index is 2.21. The van der Waals surface area contributed by atoms with Crippen LogP contribution >= 0.6 is 0 Å². The van der Waals surface area contributed by atoms with E-state index in [0.29, 0.717) is 11.1 Å². The van der Waals surface area contributed by atoms with Gasteiger partial charge in [-0.05, 0) is 13.0 Å². The molecule has 0 aliphatic carbocycles. The molecule has 4 heteroatoms. The summed E-state index contributed by atoms with van der Waals surface area (Å²) in [6.07, 6.45) is 1.91. The van der Waals surface area contributed by atoms with Gasteiger partial charge in [-0.15, -0.1) is 0 Å². The minimum absolute atomic E-state index is 0.445. The second kappa shape index (κ2) is 4.18. The van der Waals surface area contributed by atoms with E-state index in [9.17, 15) is 9.59 Å². The summed E-state index contributed by atoms with van der Waals surface area (Å²) in [5.74, 6) is -0.995. The summed E-state index contributed by atoms with van der Waals surface area (Å²) in [6.45, 7) is 1.70. The van der Waals surface area contributed by atoms with Crippen molar-refractivity contribution >= 4 is 11.9 Å². The van der Waals surface area contributed by atoms with E-state index in [1.54, 1.807) is 37.3 Å². The number of benzene rings is 1. The SMILES string of the molecule is C/C=C/C(=O)O[C@@H]1OC(=O)c2ccccc21. The highest BCUT2D eigenvalue weighted by Crippen LogP contribution is 2.31. The second-order valence-corrected chi connectivity index (χ2v) is 3.26. The van der Waals surface area contributed by atoms with E-state index in [-0.39, 0.29) is 0 Å².